The van der Waals surface area contributed by atoms with E-state index < -0.39 is 153 Å². The standard InChI is InChI=1S/C76H90O24/c1-47-58(81-4)67(83-6)74(96-59(47)71(79)91-43-54-35-23-13-24-36-54)98-61-57(46-87-48(2)77)95-76(70(64(61)93-49(3)78)90-42-53-33-21-12-22-34-53)99-65-62(82-5)68(84-7)75(100-66(65)72(80)92-44-55-37-25-14-26-38-55)97-60-56(45-86-39-50-27-15-9-16-28-50)94-73(85-8)69(89-41-52-31-19-11-20-32-52)63(60)88-40-51-29-17-10-18-30-51/h9-38,47,56-70,73-76H,39-46H2,1-8H3/t47-,56?,57-,58+,59?,60+,61-,62?,63-,64?,65+,66-,67?,68?,69?,70?,73-,74+,75+,76-/m1/s1. The molecule has 0 spiro atoms. The minimum atomic E-state index is -1.78. The van der Waals surface area contributed by atoms with Crippen LogP contribution in [0.4, 0.5) is 0 Å². The van der Waals surface area contributed by atoms with Crippen molar-refractivity contribution in [1.29, 1.82) is 0 Å². The van der Waals surface area contributed by atoms with Crippen LogP contribution in [-0.4, -0.2) is 189 Å². The van der Waals surface area contributed by atoms with Crippen molar-refractivity contribution in [3.8, 4) is 0 Å². The lowest BCUT2D eigenvalue weighted by Gasteiger charge is -2.51. The summed E-state index contributed by atoms with van der Waals surface area (Å²) < 4.78 is 131. The van der Waals surface area contributed by atoms with E-state index in [0.29, 0.717) is 11.1 Å². The van der Waals surface area contributed by atoms with Crippen LogP contribution < -0.4 is 0 Å². The van der Waals surface area contributed by atoms with Crippen LogP contribution in [0.3, 0.4) is 0 Å². The lowest BCUT2D eigenvalue weighted by atomic mass is 9.90. The number of ether oxygens (including phenoxy) is 20. The van der Waals surface area contributed by atoms with E-state index in [1.165, 1.54) is 49.4 Å². The Morgan fingerprint density at radius 1 is 0.320 bits per heavy atom. The number of methoxy groups -OCH3 is 5. The zero-order valence-corrected chi connectivity index (χ0v) is 57.3. The number of benzene rings is 6. The van der Waals surface area contributed by atoms with Crippen LogP contribution in [0.25, 0.3) is 0 Å². The summed E-state index contributed by atoms with van der Waals surface area (Å²) in [6.07, 6.45) is -25.1. The normalized spacial score (nSPS) is 29.8. The number of carbonyl (C=O) groups is 4. The Bertz CT molecular complexity index is 3400. The summed E-state index contributed by atoms with van der Waals surface area (Å²) in [6.45, 7) is 3.50. The average Bonchev–Trinajstić information content (AvgIpc) is 0.763. The molecule has 8 unspecified atom stereocenters. The van der Waals surface area contributed by atoms with E-state index in [4.69, 9.17) is 94.7 Å². The van der Waals surface area contributed by atoms with Gasteiger partial charge in [0.1, 0.15) is 87.0 Å². The van der Waals surface area contributed by atoms with Crippen LogP contribution >= 0.6 is 0 Å². The maximum absolute atomic E-state index is 15.4. The summed E-state index contributed by atoms with van der Waals surface area (Å²) in [5.41, 5.74) is 4.66. The van der Waals surface area contributed by atoms with Gasteiger partial charge in [0.25, 0.3) is 0 Å². The second kappa shape index (κ2) is 38.0. The zero-order valence-electron chi connectivity index (χ0n) is 57.3. The van der Waals surface area contributed by atoms with Gasteiger partial charge >= 0.3 is 23.9 Å². The summed E-state index contributed by atoms with van der Waals surface area (Å²) in [5.74, 6) is -3.84. The van der Waals surface area contributed by atoms with Crippen molar-refractivity contribution < 1.29 is 114 Å². The summed E-state index contributed by atoms with van der Waals surface area (Å²) in [4.78, 5) is 56.3. The number of carbonyl (C=O) groups excluding carboxylic acids is 4. The fourth-order valence-electron chi connectivity index (χ4n) is 12.7. The van der Waals surface area contributed by atoms with Crippen molar-refractivity contribution >= 4 is 23.9 Å². The Balaban J connectivity index is 1.03. The largest absolute Gasteiger partial charge is 0.463 e. The van der Waals surface area contributed by atoms with Crippen molar-refractivity contribution in [2.24, 2.45) is 5.92 Å². The molecule has 4 heterocycles. The molecule has 6 aromatic carbocycles. The van der Waals surface area contributed by atoms with Crippen molar-refractivity contribution in [2.45, 2.75) is 177 Å². The smallest absolute Gasteiger partial charge is 0.338 e. The van der Waals surface area contributed by atoms with E-state index >= 15 is 4.79 Å². The number of hydrogen-bond acceptors (Lipinski definition) is 24. The summed E-state index contributed by atoms with van der Waals surface area (Å²) >= 11 is 0. The van der Waals surface area contributed by atoms with Gasteiger partial charge in [0.05, 0.1) is 39.1 Å². The van der Waals surface area contributed by atoms with Crippen LogP contribution in [0.1, 0.15) is 54.2 Å². The first-order valence-electron chi connectivity index (χ1n) is 33.3. The van der Waals surface area contributed by atoms with E-state index in [1.54, 1.807) is 31.2 Å². The topological polar surface area (TPSA) is 253 Å². The number of hydrogen-bond donors (Lipinski definition) is 0. The minimum absolute atomic E-state index is 0.0625. The molecule has 538 valence electrons. The van der Waals surface area contributed by atoms with Crippen LogP contribution in [0.15, 0.2) is 182 Å². The Morgan fingerprint density at radius 3 is 1.12 bits per heavy atom. The van der Waals surface area contributed by atoms with Crippen LogP contribution in [-0.2, 0) is 154 Å². The third kappa shape index (κ3) is 20.0. The Labute approximate surface area is 582 Å². The molecule has 10 rings (SSSR count). The number of rotatable bonds is 33. The molecule has 24 nitrogen and oxygen atoms in total. The van der Waals surface area contributed by atoms with E-state index in [0.717, 1.165) is 22.3 Å². The molecule has 4 fully saturated rings. The van der Waals surface area contributed by atoms with Crippen molar-refractivity contribution in [3.05, 3.63) is 215 Å². The third-order valence-corrected chi connectivity index (χ3v) is 17.7. The maximum atomic E-state index is 15.4. The maximum Gasteiger partial charge on any atom is 0.338 e. The van der Waals surface area contributed by atoms with E-state index in [9.17, 15) is 14.4 Å². The van der Waals surface area contributed by atoms with E-state index in [-0.39, 0.29) is 46.2 Å². The fraction of sp³-hybridized carbons (Fsp3) is 0.474. The summed E-state index contributed by atoms with van der Waals surface area (Å²) in [5, 5.41) is 0. The molecule has 0 radical (unpaired) electrons. The first-order chi connectivity index (χ1) is 48.8. The molecule has 0 N–H and O–H groups in total. The van der Waals surface area contributed by atoms with E-state index in [2.05, 4.69) is 0 Å². The van der Waals surface area contributed by atoms with Gasteiger partial charge in [-0.15, -0.1) is 0 Å². The van der Waals surface area contributed by atoms with Crippen LogP contribution in [0.5, 0.6) is 0 Å². The zero-order chi connectivity index (χ0) is 70.3. The SMILES string of the molecule is COC1C(OC)[C@H](O[C@H]2O[C@H](COC(C)=O)[C@@H](O[C@@H]3OC(C(=O)OCc4ccccc4)[C@H](C)[C@H](OC)C3OC)C(OC(C)=O)C2OCc2ccccc2)[C@H](C(=O)OCc2ccccc2)O[C@@H]1O[C@H]1C(COCc2ccccc2)O[C@@H](OC)C(OCc2ccccc2)[C@@H]1OCc1ccccc1. The molecule has 4 aliphatic rings. The van der Waals surface area contributed by atoms with Gasteiger partial charge in [0.15, 0.2) is 43.5 Å². The van der Waals surface area contributed by atoms with Gasteiger partial charge in [0.2, 0.25) is 0 Å². The molecule has 0 aromatic heterocycles. The minimum Gasteiger partial charge on any atom is -0.463 e. The van der Waals surface area contributed by atoms with Gasteiger partial charge < -0.3 is 94.7 Å². The predicted molar refractivity (Wildman–Crippen MR) is 354 cm³/mol. The average molecular weight is 1390 g/mol. The highest BCUT2D eigenvalue weighted by atomic mass is 16.8. The molecular formula is C76H90O24. The lowest BCUT2D eigenvalue weighted by molar-refractivity contribution is -0.391. The molecule has 0 amide bonds. The van der Waals surface area contributed by atoms with Gasteiger partial charge in [-0.3, -0.25) is 9.59 Å². The second-order valence-electron chi connectivity index (χ2n) is 24.5. The molecule has 0 saturated carbocycles. The highest BCUT2D eigenvalue weighted by Crippen LogP contribution is 2.41. The first-order valence-corrected chi connectivity index (χ1v) is 33.3. The molecule has 100 heavy (non-hydrogen) atoms. The fourth-order valence-corrected chi connectivity index (χ4v) is 12.7. The molecule has 4 aliphatic heterocycles. The van der Waals surface area contributed by atoms with E-state index in [1.807, 2.05) is 158 Å². The van der Waals surface area contributed by atoms with Crippen LogP contribution in [0.2, 0.25) is 0 Å². The molecular weight excluding hydrogens is 1300 g/mol. The molecule has 0 bridgehead atoms. The second-order valence-corrected chi connectivity index (χ2v) is 24.5. The van der Waals surface area contributed by atoms with Crippen molar-refractivity contribution in [2.75, 3.05) is 48.8 Å². The molecule has 0 aliphatic carbocycles. The molecule has 6 aromatic rings. The monoisotopic (exact) mass is 1390 g/mol. The van der Waals surface area contributed by atoms with Gasteiger partial charge in [-0.25, -0.2) is 9.59 Å². The first kappa shape index (κ1) is 75.2. The van der Waals surface area contributed by atoms with Crippen molar-refractivity contribution in [3.63, 3.8) is 0 Å². The van der Waals surface area contributed by atoms with Gasteiger partial charge in [0, 0.05) is 55.3 Å². The van der Waals surface area contributed by atoms with Gasteiger partial charge in [-0.1, -0.05) is 189 Å². The van der Waals surface area contributed by atoms with Crippen molar-refractivity contribution in [1.82, 2.24) is 0 Å². The summed E-state index contributed by atoms with van der Waals surface area (Å²) in [7, 11) is 7.19. The van der Waals surface area contributed by atoms with Gasteiger partial charge in [-0.2, -0.15) is 0 Å². The number of esters is 4. The third-order valence-electron chi connectivity index (χ3n) is 17.7. The quantitative estimate of drug-likeness (QED) is 0.0277. The molecule has 20 atom stereocenters. The Hall–Kier alpha value is -7.44. The summed E-state index contributed by atoms with van der Waals surface area (Å²) in [6, 6.07) is 56.0. The molecule has 24 heteroatoms. The molecule has 4 saturated heterocycles. The Kier molecular flexibility index (Phi) is 28.6. The highest BCUT2D eigenvalue weighted by Gasteiger charge is 2.60. The van der Waals surface area contributed by atoms with Crippen LogP contribution in [0, 0.1) is 5.92 Å². The highest BCUT2D eigenvalue weighted by molar-refractivity contribution is 5.76. The predicted octanol–water partition coefficient (Wildman–Crippen LogP) is 8.34. The van der Waals surface area contributed by atoms with Gasteiger partial charge in [-0.05, 0) is 33.4 Å². The Morgan fingerprint density at radius 2 is 0.680 bits per heavy atom. The lowest BCUT2D eigenvalue weighted by Crippen LogP contribution is -2.69.